The lowest BCUT2D eigenvalue weighted by atomic mass is 10.0. The van der Waals surface area contributed by atoms with Crippen molar-refractivity contribution in [1.82, 2.24) is 15.1 Å². The Hall–Kier alpha value is -4.63. The third-order valence-corrected chi connectivity index (χ3v) is 8.77. The number of hydrogen-bond donors (Lipinski definition) is 1. The minimum absolute atomic E-state index is 0.152. The Kier molecular flexibility index (Phi) is 9.16. The van der Waals surface area contributed by atoms with Gasteiger partial charge in [0.05, 0.1) is 5.39 Å². The van der Waals surface area contributed by atoms with Gasteiger partial charge in [0.25, 0.3) is 5.91 Å². The molecular weight excluding hydrogens is 592 g/mol. The second-order valence-electron chi connectivity index (χ2n) is 11.5. The predicted molar refractivity (Wildman–Crippen MR) is 173 cm³/mol. The summed E-state index contributed by atoms with van der Waals surface area (Å²) in [4.78, 5) is 58.4. The normalized spacial score (nSPS) is 16.1. The van der Waals surface area contributed by atoms with Gasteiger partial charge in [0, 0.05) is 68.9 Å². The second kappa shape index (κ2) is 13.6. The largest absolute Gasteiger partial charge is 0.451 e. The minimum atomic E-state index is -0.889. The predicted octanol–water partition coefficient (Wildman–Crippen LogP) is 4.65. The number of rotatable bonds is 8. The third kappa shape index (κ3) is 7.04. The van der Waals surface area contributed by atoms with Crippen molar-refractivity contribution in [2.24, 2.45) is 0 Å². The number of piperidine rings is 1. The molecule has 1 atom stereocenters. The molecule has 2 aliphatic heterocycles. The van der Waals surface area contributed by atoms with Crippen molar-refractivity contribution in [2.75, 3.05) is 37.6 Å². The van der Waals surface area contributed by atoms with Gasteiger partial charge in [0.1, 0.15) is 11.6 Å². The molecule has 0 spiro atoms. The monoisotopic (exact) mass is 626 g/mol. The molecular formula is C35H35ClN4O5. The number of anilines is 1. The standard InChI is InChI=1S/C35H35ClN4O5/c36-26-14-12-24(13-15-26)21-28(37-34(43)32-22-30(41)27-8-2-4-10-31(27)45-32)35(44)39-19-17-38(18-20-39)29-9-3-1-7-25(29)23-40-16-6-5-11-33(40)42/h1-4,7-10,12-15,22,28H,5-6,11,16-21,23H2,(H,37,43)/t28-/m1/s1. The number of para-hydroxylation sites is 2. The Morgan fingerprint density at radius 1 is 0.867 bits per heavy atom. The van der Waals surface area contributed by atoms with Crippen molar-refractivity contribution in [3.8, 4) is 0 Å². The van der Waals surface area contributed by atoms with Crippen molar-refractivity contribution in [3.63, 3.8) is 0 Å². The highest BCUT2D eigenvalue weighted by Crippen LogP contribution is 2.25. The fraction of sp³-hybridized carbons (Fsp3) is 0.314. The first kappa shape index (κ1) is 30.4. The van der Waals surface area contributed by atoms with Gasteiger partial charge in [0.2, 0.25) is 11.8 Å². The van der Waals surface area contributed by atoms with E-state index in [2.05, 4.69) is 22.3 Å². The molecule has 3 amide bonds. The molecule has 3 heterocycles. The number of carbonyl (C=O) groups excluding carboxylic acids is 3. The number of carbonyl (C=O) groups is 3. The zero-order valence-electron chi connectivity index (χ0n) is 24.9. The van der Waals surface area contributed by atoms with Crippen LogP contribution in [0, 0.1) is 0 Å². The van der Waals surface area contributed by atoms with Gasteiger partial charge in [-0.15, -0.1) is 0 Å². The molecule has 45 heavy (non-hydrogen) atoms. The Balaban J connectivity index is 1.17. The summed E-state index contributed by atoms with van der Waals surface area (Å²) < 4.78 is 5.75. The number of nitrogens with one attached hydrogen (secondary N) is 1. The maximum Gasteiger partial charge on any atom is 0.287 e. The van der Waals surface area contributed by atoms with E-state index in [9.17, 15) is 19.2 Å². The Morgan fingerprint density at radius 3 is 2.38 bits per heavy atom. The first-order valence-corrected chi connectivity index (χ1v) is 15.7. The van der Waals surface area contributed by atoms with Gasteiger partial charge in [-0.25, -0.2) is 0 Å². The van der Waals surface area contributed by atoms with E-state index in [1.807, 2.05) is 29.2 Å². The maximum atomic E-state index is 14.0. The van der Waals surface area contributed by atoms with E-state index in [1.54, 1.807) is 41.3 Å². The summed E-state index contributed by atoms with van der Waals surface area (Å²) in [6.07, 6.45) is 2.81. The average Bonchev–Trinajstić information content (AvgIpc) is 3.06. The molecule has 0 radical (unpaired) electrons. The molecule has 0 saturated carbocycles. The number of benzene rings is 3. The van der Waals surface area contributed by atoms with Crippen LogP contribution < -0.4 is 15.6 Å². The van der Waals surface area contributed by atoms with Gasteiger partial charge in [-0.05, 0) is 54.3 Å². The fourth-order valence-corrected chi connectivity index (χ4v) is 6.20. The van der Waals surface area contributed by atoms with E-state index in [-0.39, 0.29) is 29.4 Å². The molecule has 0 aliphatic carbocycles. The van der Waals surface area contributed by atoms with E-state index in [4.69, 9.17) is 16.0 Å². The molecule has 3 aromatic carbocycles. The molecule has 9 nitrogen and oxygen atoms in total. The van der Waals surface area contributed by atoms with Crippen LogP contribution in [0.15, 0.2) is 88.1 Å². The Bertz CT molecular complexity index is 1760. The quantitative estimate of drug-likeness (QED) is 0.306. The number of hydrogen-bond acceptors (Lipinski definition) is 6. The van der Waals surface area contributed by atoms with Crippen LogP contribution in [0.3, 0.4) is 0 Å². The number of nitrogens with zero attached hydrogens (tertiary/aromatic N) is 3. The topological polar surface area (TPSA) is 103 Å². The average molecular weight is 627 g/mol. The highest BCUT2D eigenvalue weighted by Gasteiger charge is 2.31. The van der Waals surface area contributed by atoms with E-state index >= 15 is 0 Å². The summed E-state index contributed by atoms with van der Waals surface area (Å²) in [5, 5.41) is 3.79. The smallest absolute Gasteiger partial charge is 0.287 e. The molecule has 2 fully saturated rings. The molecule has 0 bridgehead atoms. The number of halogens is 1. The van der Waals surface area contributed by atoms with Gasteiger partial charge < -0.3 is 24.4 Å². The van der Waals surface area contributed by atoms with Crippen LogP contribution in [0.2, 0.25) is 5.02 Å². The Morgan fingerprint density at radius 2 is 1.60 bits per heavy atom. The molecule has 10 heteroatoms. The zero-order valence-corrected chi connectivity index (χ0v) is 25.7. The number of amides is 3. The van der Waals surface area contributed by atoms with Crippen LogP contribution in [-0.4, -0.2) is 66.3 Å². The first-order valence-electron chi connectivity index (χ1n) is 15.3. The van der Waals surface area contributed by atoms with E-state index in [0.717, 1.165) is 42.3 Å². The molecule has 4 aromatic rings. The lowest BCUT2D eigenvalue weighted by Crippen LogP contribution is -2.55. The summed E-state index contributed by atoms with van der Waals surface area (Å²) in [7, 11) is 0. The van der Waals surface area contributed by atoms with Crippen molar-refractivity contribution >= 4 is 46.0 Å². The van der Waals surface area contributed by atoms with Crippen LogP contribution in [0.5, 0.6) is 0 Å². The molecule has 0 unspecified atom stereocenters. The molecule has 2 saturated heterocycles. The summed E-state index contributed by atoms with van der Waals surface area (Å²) in [5.41, 5.74) is 2.97. The van der Waals surface area contributed by atoms with E-state index in [1.165, 1.54) is 0 Å². The maximum absolute atomic E-state index is 14.0. The van der Waals surface area contributed by atoms with Gasteiger partial charge >= 0.3 is 0 Å². The molecule has 1 N–H and O–H groups in total. The third-order valence-electron chi connectivity index (χ3n) is 8.52. The highest BCUT2D eigenvalue weighted by atomic mass is 35.5. The SMILES string of the molecule is O=C(N[C@H](Cc1ccc(Cl)cc1)C(=O)N1CCN(c2ccccc2CN2CCCCC2=O)CC1)c1cc(=O)c2ccccc2o1. The van der Waals surface area contributed by atoms with Crippen molar-refractivity contribution in [2.45, 2.75) is 38.3 Å². The molecule has 6 rings (SSSR count). The van der Waals surface area contributed by atoms with E-state index < -0.39 is 11.9 Å². The van der Waals surface area contributed by atoms with Crippen molar-refractivity contribution in [1.29, 1.82) is 0 Å². The van der Waals surface area contributed by atoms with Gasteiger partial charge in [0.15, 0.2) is 11.2 Å². The minimum Gasteiger partial charge on any atom is -0.451 e. The van der Waals surface area contributed by atoms with Crippen LogP contribution in [0.1, 0.15) is 40.9 Å². The van der Waals surface area contributed by atoms with E-state index in [0.29, 0.717) is 55.1 Å². The van der Waals surface area contributed by atoms with Gasteiger partial charge in [-0.2, -0.15) is 0 Å². The summed E-state index contributed by atoms with van der Waals surface area (Å²) >= 11 is 6.09. The summed E-state index contributed by atoms with van der Waals surface area (Å²) in [6.45, 7) is 3.50. The molecule has 1 aromatic heterocycles. The first-order chi connectivity index (χ1) is 21.9. The van der Waals surface area contributed by atoms with Gasteiger partial charge in [-0.3, -0.25) is 19.2 Å². The number of likely N-dealkylation sites (tertiary alicyclic amines) is 1. The van der Waals surface area contributed by atoms with Gasteiger partial charge in [-0.1, -0.05) is 54.1 Å². The van der Waals surface area contributed by atoms with Crippen LogP contribution >= 0.6 is 11.6 Å². The summed E-state index contributed by atoms with van der Waals surface area (Å²) in [6, 6.07) is 22.3. The van der Waals surface area contributed by atoms with Crippen molar-refractivity contribution < 1.29 is 18.8 Å². The second-order valence-corrected chi connectivity index (χ2v) is 12.0. The molecule has 2 aliphatic rings. The summed E-state index contributed by atoms with van der Waals surface area (Å²) in [5.74, 6) is -0.803. The van der Waals surface area contributed by atoms with Crippen molar-refractivity contribution in [3.05, 3.63) is 111 Å². The Labute approximate surface area is 266 Å². The zero-order chi connectivity index (χ0) is 31.3. The fourth-order valence-electron chi connectivity index (χ4n) is 6.08. The highest BCUT2D eigenvalue weighted by molar-refractivity contribution is 6.30. The van der Waals surface area contributed by atoms with Crippen LogP contribution in [0.4, 0.5) is 5.69 Å². The lowest BCUT2D eigenvalue weighted by molar-refractivity contribution is -0.134. The van der Waals surface area contributed by atoms with Crippen LogP contribution in [0.25, 0.3) is 11.0 Å². The number of piperazine rings is 1. The van der Waals surface area contributed by atoms with Crippen LogP contribution in [-0.2, 0) is 22.6 Å². The molecule has 232 valence electrons. The number of fused-ring (bicyclic) bond motifs is 1. The lowest BCUT2D eigenvalue weighted by Gasteiger charge is -2.39.